The number of aromatic nitrogens is 1. The summed E-state index contributed by atoms with van der Waals surface area (Å²) in [6.07, 6.45) is 4.06. The van der Waals surface area contributed by atoms with Gasteiger partial charge in [-0.25, -0.2) is 0 Å². The maximum atomic E-state index is 10.5. The van der Waals surface area contributed by atoms with Gasteiger partial charge in [-0.05, 0) is 30.2 Å². The zero-order chi connectivity index (χ0) is 14.7. The van der Waals surface area contributed by atoms with Gasteiger partial charge in [0, 0.05) is 31.4 Å². The third-order valence-corrected chi connectivity index (χ3v) is 4.48. The first-order valence-electron chi connectivity index (χ1n) is 7.28. The summed E-state index contributed by atoms with van der Waals surface area (Å²) >= 11 is 6.15. The van der Waals surface area contributed by atoms with Crippen molar-refractivity contribution in [3.8, 4) is 0 Å². The van der Waals surface area contributed by atoms with Crippen molar-refractivity contribution >= 4 is 11.6 Å². The van der Waals surface area contributed by atoms with Gasteiger partial charge in [0.2, 0.25) is 0 Å². The number of aliphatic hydroxyl groups is 1. The molecule has 0 radical (unpaired) electrons. The van der Waals surface area contributed by atoms with Crippen molar-refractivity contribution in [2.45, 2.75) is 25.0 Å². The average Bonchev–Trinajstić information content (AvgIpc) is 2.51. The Morgan fingerprint density at radius 3 is 2.76 bits per heavy atom. The standard InChI is InChI=1S/C17H19ClN2O/c18-16-10-19-8-6-14(16)11-20-9-7-15(17(21)12-20)13-4-2-1-3-5-13/h1-6,8,10,15,17,21H,7,9,11-12H2/t15-,17-/m1/s1. The van der Waals surface area contributed by atoms with E-state index < -0.39 is 0 Å². The third kappa shape index (κ3) is 3.43. The lowest BCUT2D eigenvalue weighted by molar-refractivity contribution is 0.0477. The van der Waals surface area contributed by atoms with Crippen molar-refractivity contribution in [1.82, 2.24) is 9.88 Å². The summed E-state index contributed by atoms with van der Waals surface area (Å²) in [5, 5.41) is 11.1. The van der Waals surface area contributed by atoms with E-state index in [-0.39, 0.29) is 12.0 Å². The van der Waals surface area contributed by atoms with E-state index in [0.717, 1.165) is 25.1 Å². The molecule has 1 saturated heterocycles. The van der Waals surface area contributed by atoms with Gasteiger partial charge >= 0.3 is 0 Å². The van der Waals surface area contributed by atoms with Crippen LogP contribution >= 0.6 is 11.6 Å². The van der Waals surface area contributed by atoms with Crippen LogP contribution in [0.4, 0.5) is 0 Å². The highest BCUT2D eigenvalue weighted by atomic mass is 35.5. The van der Waals surface area contributed by atoms with Crippen LogP contribution in [0.3, 0.4) is 0 Å². The minimum atomic E-state index is -0.332. The van der Waals surface area contributed by atoms with Crippen LogP contribution in [0.2, 0.25) is 5.02 Å². The Labute approximate surface area is 130 Å². The molecule has 0 amide bonds. The molecule has 0 saturated carbocycles. The summed E-state index contributed by atoms with van der Waals surface area (Å²) in [5.41, 5.74) is 2.30. The molecule has 2 heterocycles. The second kappa shape index (κ2) is 6.56. The predicted octanol–water partition coefficient (Wildman–Crippen LogP) is 3.09. The minimum absolute atomic E-state index is 0.232. The summed E-state index contributed by atoms with van der Waals surface area (Å²) in [5.74, 6) is 0.232. The van der Waals surface area contributed by atoms with E-state index >= 15 is 0 Å². The second-order valence-corrected chi connectivity index (χ2v) is 5.98. The van der Waals surface area contributed by atoms with Crippen LogP contribution in [0.25, 0.3) is 0 Å². The van der Waals surface area contributed by atoms with Crippen molar-refractivity contribution < 1.29 is 5.11 Å². The second-order valence-electron chi connectivity index (χ2n) is 5.58. The van der Waals surface area contributed by atoms with Gasteiger partial charge in [-0.2, -0.15) is 0 Å². The molecular weight excluding hydrogens is 284 g/mol. The Hall–Kier alpha value is -1.42. The first-order chi connectivity index (χ1) is 10.2. The van der Waals surface area contributed by atoms with E-state index in [1.165, 1.54) is 5.56 Å². The lowest BCUT2D eigenvalue weighted by Gasteiger charge is -2.36. The topological polar surface area (TPSA) is 36.4 Å². The molecule has 3 nitrogen and oxygen atoms in total. The molecule has 110 valence electrons. The normalized spacial score (nSPS) is 23.1. The summed E-state index contributed by atoms with van der Waals surface area (Å²) < 4.78 is 0. The molecule has 1 aliphatic rings. The van der Waals surface area contributed by atoms with Crippen LogP contribution in [0.15, 0.2) is 48.8 Å². The van der Waals surface area contributed by atoms with Crippen molar-refractivity contribution in [2.75, 3.05) is 13.1 Å². The van der Waals surface area contributed by atoms with Crippen molar-refractivity contribution in [1.29, 1.82) is 0 Å². The summed E-state index contributed by atoms with van der Waals surface area (Å²) in [6.45, 7) is 2.41. The van der Waals surface area contributed by atoms with Crippen LogP contribution in [0.5, 0.6) is 0 Å². The number of β-amino-alcohol motifs (C(OH)–C–C–N with tert-alkyl or cyclic N) is 1. The molecule has 1 aromatic carbocycles. The number of aliphatic hydroxyl groups excluding tert-OH is 1. The lowest BCUT2D eigenvalue weighted by atomic mass is 9.87. The highest BCUT2D eigenvalue weighted by Crippen LogP contribution is 2.29. The van der Waals surface area contributed by atoms with Gasteiger partial charge < -0.3 is 5.11 Å². The maximum Gasteiger partial charge on any atom is 0.0736 e. The van der Waals surface area contributed by atoms with Crippen LogP contribution in [0, 0.1) is 0 Å². The predicted molar refractivity (Wildman–Crippen MR) is 84.3 cm³/mol. The number of likely N-dealkylation sites (tertiary alicyclic amines) is 1. The molecule has 2 aromatic rings. The molecule has 1 aromatic heterocycles. The number of hydrogen-bond acceptors (Lipinski definition) is 3. The Balaban J connectivity index is 1.65. The zero-order valence-corrected chi connectivity index (χ0v) is 12.6. The van der Waals surface area contributed by atoms with E-state index in [0.29, 0.717) is 11.6 Å². The summed E-state index contributed by atoms with van der Waals surface area (Å²) in [6, 6.07) is 12.2. The van der Waals surface area contributed by atoms with Crippen molar-refractivity contribution in [2.24, 2.45) is 0 Å². The van der Waals surface area contributed by atoms with E-state index in [9.17, 15) is 5.11 Å². The van der Waals surface area contributed by atoms with Crippen molar-refractivity contribution in [3.05, 3.63) is 64.9 Å². The number of halogens is 1. The van der Waals surface area contributed by atoms with Gasteiger partial charge in [-0.3, -0.25) is 9.88 Å². The quantitative estimate of drug-likeness (QED) is 0.946. The smallest absolute Gasteiger partial charge is 0.0736 e. The van der Waals surface area contributed by atoms with Crippen LogP contribution in [-0.4, -0.2) is 34.2 Å². The SMILES string of the molecule is O[C@@H]1CN(Cc2ccncc2Cl)CC[C@@H]1c1ccccc1. The highest BCUT2D eigenvalue weighted by Gasteiger charge is 2.28. The molecule has 2 atom stereocenters. The maximum absolute atomic E-state index is 10.5. The summed E-state index contributed by atoms with van der Waals surface area (Å²) in [7, 11) is 0. The third-order valence-electron chi connectivity index (χ3n) is 4.14. The van der Waals surface area contributed by atoms with E-state index in [2.05, 4.69) is 22.0 Å². The molecule has 1 N–H and O–H groups in total. The van der Waals surface area contributed by atoms with E-state index in [1.54, 1.807) is 12.4 Å². The largest absolute Gasteiger partial charge is 0.391 e. The fraction of sp³-hybridized carbons (Fsp3) is 0.353. The Bertz CT molecular complexity index is 590. The van der Waals surface area contributed by atoms with Crippen molar-refractivity contribution in [3.63, 3.8) is 0 Å². The fourth-order valence-corrected chi connectivity index (χ4v) is 3.18. The van der Waals surface area contributed by atoms with Crippen LogP contribution in [0.1, 0.15) is 23.5 Å². The number of benzene rings is 1. The molecule has 1 aliphatic heterocycles. The molecule has 0 bridgehead atoms. The number of nitrogens with zero attached hydrogens (tertiary/aromatic N) is 2. The summed E-state index contributed by atoms with van der Waals surface area (Å²) in [4.78, 5) is 6.26. The van der Waals surface area contributed by atoms with Gasteiger partial charge in [0.1, 0.15) is 0 Å². The average molecular weight is 303 g/mol. The monoisotopic (exact) mass is 302 g/mol. The molecule has 3 rings (SSSR count). The van der Waals surface area contributed by atoms with E-state index in [1.807, 2.05) is 24.3 Å². The minimum Gasteiger partial charge on any atom is -0.391 e. The molecule has 4 heteroatoms. The Kier molecular flexibility index (Phi) is 4.54. The molecule has 1 fully saturated rings. The van der Waals surface area contributed by atoms with Gasteiger partial charge in [0.15, 0.2) is 0 Å². The number of rotatable bonds is 3. The molecule has 0 spiro atoms. The molecule has 0 aliphatic carbocycles. The lowest BCUT2D eigenvalue weighted by Crippen LogP contribution is -2.42. The van der Waals surface area contributed by atoms with E-state index in [4.69, 9.17) is 11.6 Å². The fourth-order valence-electron chi connectivity index (χ4n) is 3.00. The van der Waals surface area contributed by atoms with Gasteiger partial charge in [0.05, 0.1) is 11.1 Å². The van der Waals surface area contributed by atoms with Crippen LogP contribution < -0.4 is 0 Å². The first kappa shape index (κ1) is 14.5. The number of hydrogen-bond donors (Lipinski definition) is 1. The molecular formula is C17H19ClN2O. The van der Waals surface area contributed by atoms with Crippen LogP contribution in [-0.2, 0) is 6.54 Å². The van der Waals surface area contributed by atoms with Gasteiger partial charge in [-0.1, -0.05) is 41.9 Å². The number of piperidine rings is 1. The first-order valence-corrected chi connectivity index (χ1v) is 7.65. The molecule has 21 heavy (non-hydrogen) atoms. The Morgan fingerprint density at radius 1 is 1.24 bits per heavy atom. The molecule has 0 unspecified atom stereocenters. The van der Waals surface area contributed by atoms with Gasteiger partial charge in [0.25, 0.3) is 0 Å². The zero-order valence-electron chi connectivity index (χ0n) is 11.8. The number of pyridine rings is 1. The Morgan fingerprint density at radius 2 is 2.05 bits per heavy atom. The highest BCUT2D eigenvalue weighted by molar-refractivity contribution is 6.31. The van der Waals surface area contributed by atoms with Gasteiger partial charge in [-0.15, -0.1) is 0 Å².